The number of ether oxygens (including phenoxy) is 2. The number of aromatic nitrogens is 2. The molecule has 1 aliphatic carbocycles. The third kappa shape index (κ3) is 3.61. The lowest BCUT2D eigenvalue weighted by Gasteiger charge is -2.25. The highest BCUT2D eigenvalue weighted by Crippen LogP contribution is 2.31. The van der Waals surface area contributed by atoms with Crippen LogP contribution in [0.1, 0.15) is 52.0 Å². The molecule has 2 heterocycles. The van der Waals surface area contributed by atoms with Crippen molar-refractivity contribution in [1.29, 1.82) is 0 Å². The minimum absolute atomic E-state index is 0.0322. The SMILES string of the molecule is CCOC(=O)C1=C(NC2CCCCC2)n2c(=O)ccc(=O)n2C1C(=O)OCC. The molecular formula is C19H25N3O6. The van der Waals surface area contributed by atoms with Gasteiger partial charge in [0.15, 0.2) is 6.04 Å². The molecule has 28 heavy (non-hydrogen) atoms. The first kappa shape index (κ1) is 19.9. The molecule has 1 aromatic heterocycles. The zero-order chi connectivity index (χ0) is 20.3. The molecule has 1 N–H and O–H groups in total. The Hall–Kier alpha value is -2.84. The quantitative estimate of drug-likeness (QED) is 0.714. The van der Waals surface area contributed by atoms with Crippen LogP contribution in [-0.2, 0) is 19.1 Å². The highest BCUT2D eigenvalue weighted by atomic mass is 16.5. The Balaban J connectivity index is 2.19. The van der Waals surface area contributed by atoms with E-state index in [9.17, 15) is 19.2 Å². The number of nitrogens with zero attached hydrogens (tertiary/aromatic N) is 2. The molecule has 1 unspecified atom stereocenters. The summed E-state index contributed by atoms with van der Waals surface area (Å²) in [4.78, 5) is 50.5. The number of carbonyl (C=O) groups is 2. The maximum Gasteiger partial charge on any atom is 0.340 e. The van der Waals surface area contributed by atoms with Gasteiger partial charge < -0.3 is 14.8 Å². The van der Waals surface area contributed by atoms with Crippen molar-refractivity contribution >= 4 is 17.8 Å². The Morgan fingerprint density at radius 3 is 2.32 bits per heavy atom. The minimum Gasteiger partial charge on any atom is -0.464 e. The highest BCUT2D eigenvalue weighted by molar-refractivity contribution is 6.02. The van der Waals surface area contributed by atoms with Gasteiger partial charge in [-0.2, -0.15) is 4.68 Å². The van der Waals surface area contributed by atoms with E-state index in [1.165, 1.54) is 0 Å². The van der Waals surface area contributed by atoms with Crippen LogP contribution in [0.5, 0.6) is 0 Å². The molecular weight excluding hydrogens is 366 g/mol. The number of nitrogens with one attached hydrogen (secondary N) is 1. The van der Waals surface area contributed by atoms with Crippen LogP contribution >= 0.6 is 0 Å². The molecule has 1 saturated carbocycles. The van der Waals surface area contributed by atoms with E-state index in [4.69, 9.17) is 9.47 Å². The van der Waals surface area contributed by atoms with Crippen molar-refractivity contribution in [2.24, 2.45) is 0 Å². The molecule has 1 aromatic rings. The van der Waals surface area contributed by atoms with Crippen LogP contribution in [-0.4, -0.2) is 40.6 Å². The molecule has 152 valence electrons. The summed E-state index contributed by atoms with van der Waals surface area (Å²) in [6.45, 7) is 3.44. The maximum absolute atomic E-state index is 12.7. The molecule has 0 bridgehead atoms. The first-order valence-electron chi connectivity index (χ1n) is 9.69. The summed E-state index contributed by atoms with van der Waals surface area (Å²) < 4.78 is 12.3. The lowest BCUT2D eigenvalue weighted by atomic mass is 9.95. The molecule has 0 spiro atoms. The number of rotatable bonds is 6. The van der Waals surface area contributed by atoms with Crippen LogP contribution in [0.25, 0.3) is 5.82 Å². The summed E-state index contributed by atoms with van der Waals surface area (Å²) in [7, 11) is 0. The van der Waals surface area contributed by atoms with Crippen molar-refractivity contribution in [2.45, 2.75) is 58.0 Å². The van der Waals surface area contributed by atoms with Gasteiger partial charge in [0.25, 0.3) is 11.1 Å². The van der Waals surface area contributed by atoms with Gasteiger partial charge in [-0.15, -0.1) is 0 Å². The van der Waals surface area contributed by atoms with Gasteiger partial charge in [-0.25, -0.2) is 14.3 Å². The second-order valence-electron chi connectivity index (χ2n) is 6.78. The van der Waals surface area contributed by atoms with Gasteiger partial charge in [-0.05, 0) is 26.7 Å². The molecule has 2 aliphatic rings. The van der Waals surface area contributed by atoms with Gasteiger partial charge in [-0.1, -0.05) is 19.3 Å². The fraction of sp³-hybridized carbons (Fsp3) is 0.579. The first-order chi connectivity index (χ1) is 13.5. The molecule has 1 aliphatic heterocycles. The smallest absolute Gasteiger partial charge is 0.340 e. The summed E-state index contributed by atoms with van der Waals surface area (Å²) in [5.41, 5.74) is -1.18. The normalized spacial score (nSPS) is 19.3. The number of esters is 2. The Bertz CT molecular complexity index is 907. The van der Waals surface area contributed by atoms with E-state index in [-0.39, 0.29) is 30.6 Å². The lowest BCUT2D eigenvalue weighted by Crippen LogP contribution is -2.41. The number of fused-ring (bicyclic) bond motifs is 1. The van der Waals surface area contributed by atoms with Gasteiger partial charge in [0.05, 0.1) is 13.2 Å². The van der Waals surface area contributed by atoms with Crippen molar-refractivity contribution in [2.75, 3.05) is 13.2 Å². The predicted octanol–water partition coefficient (Wildman–Crippen LogP) is 0.782. The van der Waals surface area contributed by atoms with Gasteiger partial charge in [0.2, 0.25) is 0 Å². The average molecular weight is 391 g/mol. The molecule has 1 atom stereocenters. The van der Waals surface area contributed by atoms with Crippen molar-refractivity contribution < 1.29 is 19.1 Å². The van der Waals surface area contributed by atoms with Gasteiger partial charge in [0, 0.05) is 18.2 Å². The lowest BCUT2D eigenvalue weighted by molar-refractivity contribution is -0.149. The highest BCUT2D eigenvalue weighted by Gasteiger charge is 2.43. The van der Waals surface area contributed by atoms with E-state index in [1.54, 1.807) is 13.8 Å². The zero-order valence-electron chi connectivity index (χ0n) is 16.1. The summed E-state index contributed by atoms with van der Waals surface area (Å²) >= 11 is 0. The standard InChI is InChI=1S/C19H25N3O6/c1-3-27-18(25)15-16(19(26)28-4-2)21-13(23)10-11-14(24)22(21)17(15)20-12-8-6-5-7-9-12/h10-12,16,20H,3-9H2,1-2H3. The fourth-order valence-electron chi connectivity index (χ4n) is 3.76. The second-order valence-corrected chi connectivity index (χ2v) is 6.78. The van der Waals surface area contributed by atoms with Gasteiger partial charge in [-0.3, -0.25) is 9.59 Å². The minimum atomic E-state index is -1.37. The van der Waals surface area contributed by atoms with Crippen LogP contribution < -0.4 is 16.4 Å². The molecule has 3 rings (SSSR count). The number of hydrogen-bond donors (Lipinski definition) is 1. The predicted molar refractivity (Wildman–Crippen MR) is 100 cm³/mol. The zero-order valence-corrected chi connectivity index (χ0v) is 16.1. The van der Waals surface area contributed by atoms with Crippen molar-refractivity contribution in [1.82, 2.24) is 14.7 Å². The topological polar surface area (TPSA) is 109 Å². The third-order valence-electron chi connectivity index (χ3n) is 4.95. The fourth-order valence-corrected chi connectivity index (χ4v) is 3.76. The van der Waals surface area contributed by atoms with Crippen molar-refractivity contribution in [3.63, 3.8) is 0 Å². The van der Waals surface area contributed by atoms with Crippen LogP contribution in [0.3, 0.4) is 0 Å². The van der Waals surface area contributed by atoms with Crippen LogP contribution in [0.2, 0.25) is 0 Å². The van der Waals surface area contributed by atoms with E-state index in [0.29, 0.717) is 0 Å². The Morgan fingerprint density at radius 2 is 1.68 bits per heavy atom. The van der Waals surface area contributed by atoms with E-state index < -0.39 is 29.1 Å². The third-order valence-corrected chi connectivity index (χ3v) is 4.95. The monoisotopic (exact) mass is 391 g/mol. The molecule has 9 heteroatoms. The average Bonchev–Trinajstić information content (AvgIpc) is 3.02. The summed E-state index contributed by atoms with van der Waals surface area (Å²) in [6.07, 6.45) is 4.92. The molecule has 9 nitrogen and oxygen atoms in total. The largest absolute Gasteiger partial charge is 0.464 e. The van der Waals surface area contributed by atoms with Crippen molar-refractivity contribution in [3.05, 3.63) is 38.4 Å². The number of carbonyl (C=O) groups excluding carboxylic acids is 2. The Morgan fingerprint density at radius 1 is 1.04 bits per heavy atom. The Labute approximate surface area is 161 Å². The van der Waals surface area contributed by atoms with E-state index >= 15 is 0 Å². The first-order valence-corrected chi connectivity index (χ1v) is 9.69. The Kier molecular flexibility index (Phi) is 6.01. The van der Waals surface area contributed by atoms with Crippen LogP contribution in [0.4, 0.5) is 0 Å². The summed E-state index contributed by atoms with van der Waals surface area (Å²) in [6, 6.07) is 0.867. The van der Waals surface area contributed by atoms with E-state index in [1.807, 2.05) is 0 Å². The molecule has 0 aromatic carbocycles. The van der Waals surface area contributed by atoms with Crippen LogP contribution in [0.15, 0.2) is 27.3 Å². The summed E-state index contributed by atoms with van der Waals surface area (Å²) in [5.74, 6) is -1.41. The van der Waals surface area contributed by atoms with Crippen LogP contribution in [0, 0.1) is 0 Å². The second kappa shape index (κ2) is 8.45. The van der Waals surface area contributed by atoms with Gasteiger partial charge in [0.1, 0.15) is 11.4 Å². The van der Waals surface area contributed by atoms with E-state index in [2.05, 4.69) is 5.32 Å². The van der Waals surface area contributed by atoms with Gasteiger partial charge >= 0.3 is 11.9 Å². The molecule has 0 radical (unpaired) electrons. The molecule has 0 saturated heterocycles. The van der Waals surface area contributed by atoms with E-state index in [0.717, 1.165) is 53.6 Å². The number of hydrogen-bond acceptors (Lipinski definition) is 7. The maximum atomic E-state index is 12.7. The summed E-state index contributed by atoms with van der Waals surface area (Å²) in [5, 5.41) is 3.23. The molecule has 1 fully saturated rings. The molecule has 0 amide bonds. The van der Waals surface area contributed by atoms with Crippen molar-refractivity contribution in [3.8, 4) is 0 Å².